The van der Waals surface area contributed by atoms with Crippen molar-refractivity contribution in [3.05, 3.63) is 70.7 Å². The van der Waals surface area contributed by atoms with Crippen molar-refractivity contribution in [2.24, 2.45) is 0 Å². The number of thiophene rings is 1. The van der Waals surface area contributed by atoms with Crippen molar-refractivity contribution >= 4 is 56.5 Å². The van der Waals surface area contributed by atoms with Crippen LogP contribution in [0.15, 0.2) is 65.1 Å². The van der Waals surface area contributed by atoms with Gasteiger partial charge in [0.1, 0.15) is 9.98 Å². The molecule has 140 valence electrons. The minimum atomic E-state index is -0.109. The number of anilines is 1. The first-order valence-corrected chi connectivity index (χ1v) is 10.8. The Morgan fingerprint density at radius 2 is 1.86 bits per heavy atom. The van der Waals surface area contributed by atoms with E-state index in [0.717, 1.165) is 27.0 Å². The van der Waals surface area contributed by atoms with Crippen LogP contribution in [0.1, 0.15) is 5.56 Å². The van der Waals surface area contributed by atoms with Crippen molar-refractivity contribution in [1.82, 2.24) is 9.97 Å². The van der Waals surface area contributed by atoms with Gasteiger partial charge in [-0.25, -0.2) is 9.97 Å². The molecule has 0 bridgehead atoms. The number of halogens is 1. The summed E-state index contributed by atoms with van der Waals surface area (Å²) in [4.78, 5) is 21.9. The molecule has 2 heterocycles. The van der Waals surface area contributed by atoms with E-state index >= 15 is 0 Å². The minimum Gasteiger partial charge on any atom is -0.325 e. The van der Waals surface area contributed by atoms with Crippen LogP contribution in [-0.4, -0.2) is 21.6 Å². The minimum absolute atomic E-state index is 0.109. The Bertz CT molecular complexity index is 1130. The van der Waals surface area contributed by atoms with Gasteiger partial charge in [-0.2, -0.15) is 0 Å². The van der Waals surface area contributed by atoms with Crippen molar-refractivity contribution in [2.45, 2.75) is 12.1 Å². The molecule has 4 nitrogen and oxygen atoms in total. The van der Waals surface area contributed by atoms with Gasteiger partial charge in [0.15, 0.2) is 5.16 Å². The largest absolute Gasteiger partial charge is 0.325 e. The van der Waals surface area contributed by atoms with Gasteiger partial charge >= 0.3 is 0 Å². The zero-order valence-corrected chi connectivity index (χ0v) is 17.4. The SMILES string of the molecule is Cc1ccc(-c2csc3nc(SCC(=O)Nc4ccccc4)nc(Cl)c23)cc1. The van der Waals surface area contributed by atoms with E-state index in [9.17, 15) is 4.79 Å². The van der Waals surface area contributed by atoms with Crippen molar-refractivity contribution < 1.29 is 4.79 Å². The van der Waals surface area contributed by atoms with Crippen LogP contribution in [0, 0.1) is 6.92 Å². The Morgan fingerprint density at radius 1 is 1.11 bits per heavy atom. The fraction of sp³-hybridized carbons (Fsp3) is 0.0952. The number of rotatable bonds is 5. The highest BCUT2D eigenvalue weighted by molar-refractivity contribution is 7.99. The van der Waals surface area contributed by atoms with E-state index in [1.807, 2.05) is 35.7 Å². The lowest BCUT2D eigenvalue weighted by molar-refractivity contribution is -0.113. The molecule has 1 N–H and O–H groups in total. The van der Waals surface area contributed by atoms with E-state index in [-0.39, 0.29) is 11.7 Å². The molecule has 0 saturated carbocycles. The number of aryl methyl sites for hydroxylation is 1. The van der Waals surface area contributed by atoms with Gasteiger partial charge in [0.25, 0.3) is 0 Å². The number of nitrogens with one attached hydrogen (secondary N) is 1. The fourth-order valence-corrected chi connectivity index (χ4v) is 4.77. The summed E-state index contributed by atoms with van der Waals surface area (Å²) in [6.45, 7) is 2.06. The third-order valence-corrected chi connectivity index (χ3v) is 6.11. The molecule has 2 aromatic heterocycles. The van der Waals surface area contributed by atoms with Crippen LogP contribution in [0.25, 0.3) is 21.3 Å². The highest BCUT2D eigenvalue weighted by Crippen LogP contribution is 2.37. The van der Waals surface area contributed by atoms with Crippen LogP contribution in [0.5, 0.6) is 0 Å². The molecule has 28 heavy (non-hydrogen) atoms. The van der Waals surface area contributed by atoms with Gasteiger partial charge < -0.3 is 5.32 Å². The second-order valence-electron chi connectivity index (χ2n) is 6.20. The Labute approximate surface area is 176 Å². The molecule has 2 aromatic carbocycles. The first-order chi connectivity index (χ1) is 13.6. The summed E-state index contributed by atoms with van der Waals surface area (Å²) < 4.78 is 0. The zero-order valence-electron chi connectivity index (χ0n) is 15.0. The summed E-state index contributed by atoms with van der Waals surface area (Å²) in [6.07, 6.45) is 0. The molecule has 4 aromatic rings. The molecule has 0 fully saturated rings. The van der Waals surface area contributed by atoms with Crippen LogP contribution >= 0.6 is 34.7 Å². The number of amides is 1. The van der Waals surface area contributed by atoms with E-state index in [1.165, 1.54) is 28.7 Å². The van der Waals surface area contributed by atoms with E-state index in [0.29, 0.717) is 10.3 Å². The molecule has 0 aliphatic heterocycles. The Hall–Kier alpha value is -2.41. The quantitative estimate of drug-likeness (QED) is 0.240. The van der Waals surface area contributed by atoms with Gasteiger partial charge in [-0.15, -0.1) is 11.3 Å². The summed E-state index contributed by atoms with van der Waals surface area (Å²) in [5, 5.41) is 6.66. The molecular formula is C21H16ClN3OS2. The smallest absolute Gasteiger partial charge is 0.234 e. The zero-order chi connectivity index (χ0) is 19.5. The maximum atomic E-state index is 12.1. The normalized spacial score (nSPS) is 10.9. The van der Waals surface area contributed by atoms with Gasteiger partial charge in [0, 0.05) is 16.6 Å². The molecule has 0 saturated heterocycles. The number of carbonyl (C=O) groups excluding carboxylic acids is 1. The number of aromatic nitrogens is 2. The second-order valence-corrected chi connectivity index (χ2v) is 8.35. The Balaban J connectivity index is 1.52. The number of benzene rings is 2. The average molecular weight is 426 g/mol. The van der Waals surface area contributed by atoms with E-state index in [1.54, 1.807) is 0 Å². The molecule has 0 atom stereocenters. The molecule has 0 aliphatic rings. The molecule has 0 aliphatic carbocycles. The van der Waals surface area contributed by atoms with Crippen molar-refractivity contribution in [2.75, 3.05) is 11.1 Å². The highest BCUT2D eigenvalue weighted by atomic mass is 35.5. The average Bonchev–Trinajstić information content (AvgIpc) is 3.12. The molecule has 0 spiro atoms. The molecule has 0 unspecified atom stereocenters. The van der Waals surface area contributed by atoms with Crippen LogP contribution in [-0.2, 0) is 4.79 Å². The third kappa shape index (κ3) is 4.19. The number of thioether (sulfide) groups is 1. The molecule has 0 radical (unpaired) electrons. The third-order valence-electron chi connectivity index (χ3n) is 4.12. The van der Waals surface area contributed by atoms with Gasteiger partial charge in [0.2, 0.25) is 5.91 Å². The fourth-order valence-electron chi connectivity index (χ4n) is 2.74. The molecule has 1 amide bonds. The Kier molecular flexibility index (Phi) is 5.62. The lowest BCUT2D eigenvalue weighted by Crippen LogP contribution is -2.14. The standard InChI is InChI=1S/C21H16ClN3OS2/c1-13-7-9-14(10-8-13)16-11-27-20-18(16)19(22)24-21(25-20)28-12-17(26)23-15-5-3-2-4-6-15/h2-11H,12H2,1H3,(H,23,26). The summed E-state index contributed by atoms with van der Waals surface area (Å²) in [5.41, 5.74) is 4.09. The predicted octanol–water partition coefficient (Wildman–Crippen LogP) is 6.05. The van der Waals surface area contributed by atoms with Crippen LogP contribution in [0.2, 0.25) is 5.15 Å². The Morgan fingerprint density at radius 3 is 2.61 bits per heavy atom. The summed E-state index contributed by atoms with van der Waals surface area (Å²) in [6, 6.07) is 17.6. The van der Waals surface area contributed by atoms with Gasteiger partial charge in [0.05, 0.1) is 11.1 Å². The number of nitrogens with zero attached hydrogens (tertiary/aromatic N) is 2. The number of carbonyl (C=O) groups is 1. The lowest BCUT2D eigenvalue weighted by atomic mass is 10.1. The number of para-hydroxylation sites is 1. The maximum Gasteiger partial charge on any atom is 0.234 e. The van der Waals surface area contributed by atoms with Crippen LogP contribution in [0.3, 0.4) is 0 Å². The van der Waals surface area contributed by atoms with Gasteiger partial charge in [-0.05, 0) is 24.6 Å². The first-order valence-electron chi connectivity index (χ1n) is 8.59. The van der Waals surface area contributed by atoms with Crippen molar-refractivity contribution in [3.8, 4) is 11.1 Å². The molecule has 7 heteroatoms. The predicted molar refractivity (Wildman–Crippen MR) is 118 cm³/mol. The molecular weight excluding hydrogens is 410 g/mol. The van der Waals surface area contributed by atoms with Gasteiger partial charge in [-0.3, -0.25) is 4.79 Å². The first kappa shape index (κ1) is 18.9. The van der Waals surface area contributed by atoms with Crippen LogP contribution in [0.4, 0.5) is 5.69 Å². The lowest BCUT2D eigenvalue weighted by Gasteiger charge is -2.05. The van der Waals surface area contributed by atoms with Gasteiger partial charge in [-0.1, -0.05) is 71.4 Å². The van der Waals surface area contributed by atoms with E-state index in [2.05, 4.69) is 46.5 Å². The van der Waals surface area contributed by atoms with E-state index in [4.69, 9.17) is 11.6 Å². The monoisotopic (exact) mass is 425 g/mol. The summed E-state index contributed by atoms with van der Waals surface area (Å²) in [5.74, 6) is 0.106. The van der Waals surface area contributed by atoms with E-state index < -0.39 is 0 Å². The topological polar surface area (TPSA) is 54.9 Å². The maximum absolute atomic E-state index is 12.1. The number of hydrogen-bond donors (Lipinski definition) is 1. The van der Waals surface area contributed by atoms with Crippen molar-refractivity contribution in [1.29, 1.82) is 0 Å². The number of hydrogen-bond acceptors (Lipinski definition) is 5. The molecule has 4 rings (SSSR count). The van der Waals surface area contributed by atoms with Crippen LogP contribution < -0.4 is 5.32 Å². The summed E-state index contributed by atoms with van der Waals surface area (Å²) in [7, 11) is 0. The summed E-state index contributed by atoms with van der Waals surface area (Å²) >= 11 is 9.28. The second kappa shape index (κ2) is 8.31. The van der Waals surface area contributed by atoms with Crippen molar-refractivity contribution in [3.63, 3.8) is 0 Å². The number of fused-ring (bicyclic) bond motifs is 1. The highest BCUT2D eigenvalue weighted by Gasteiger charge is 2.15.